The Morgan fingerprint density at radius 2 is 2.15 bits per heavy atom. The van der Waals surface area contributed by atoms with E-state index in [2.05, 4.69) is 9.72 Å². The van der Waals surface area contributed by atoms with Crippen LogP contribution in [0.25, 0.3) is 0 Å². The van der Waals surface area contributed by atoms with Crippen LogP contribution in [0.15, 0.2) is 40.1 Å². The molecule has 0 amide bonds. The lowest BCUT2D eigenvalue weighted by Crippen LogP contribution is -2.08. The number of esters is 1. The molecule has 0 bridgehead atoms. The van der Waals surface area contributed by atoms with Gasteiger partial charge in [-0.25, -0.2) is 18.2 Å². The molecule has 2 rings (SSSR count). The van der Waals surface area contributed by atoms with E-state index in [1.165, 1.54) is 37.9 Å². The van der Waals surface area contributed by atoms with Crippen molar-refractivity contribution in [2.75, 3.05) is 7.11 Å². The van der Waals surface area contributed by atoms with Gasteiger partial charge in [-0.2, -0.15) is 0 Å². The molecule has 7 heteroatoms. The SMILES string of the molecule is COC(=O)c1ccc(S(=O)(=O)Cc2cnco2)c(C)c1. The van der Waals surface area contributed by atoms with Crippen LogP contribution in [0.5, 0.6) is 0 Å². The fourth-order valence-corrected chi connectivity index (χ4v) is 3.32. The van der Waals surface area contributed by atoms with Crippen LogP contribution in [0, 0.1) is 6.92 Å². The van der Waals surface area contributed by atoms with Gasteiger partial charge >= 0.3 is 5.97 Å². The van der Waals surface area contributed by atoms with Crippen LogP contribution >= 0.6 is 0 Å². The summed E-state index contributed by atoms with van der Waals surface area (Å²) in [6.45, 7) is 1.62. The molecule has 0 saturated heterocycles. The highest BCUT2D eigenvalue weighted by molar-refractivity contribution is 7.90. The Morgan fingerprint density at radius 1 is 1.40 bits per heavy atom. The zero-order chi connectivity index (χ0) is 14.8. The zero-order valence-corrected chi connectivity index (χ0v) is 11.8. The number of ether oxygens (including phenoxy) is 1. The highest BCUT2D eigenvalue weighted by Gasteiger charge is 2.20. The predicted molar refractivity (Wildman–Crippen MR) is 69.9 cm³/mol. The van der Waals surface area contributed by atoms with Crippen molar-refractivity contribution in [2.45, 2.75) is 17.6 Å². The van der Waals surface area contributed by atoms with Gasteiger partial charge in [0.15, 0.2) is 16.2 Å². The smallest absolute Gasteiger partial charge is 0.337 e. The van der Waals surface area contributed by atoms with E-state index in [0.29, 0.717) is 11.1 Å². The van der Waals surface area contributed by atoms with Gasteiger partial charge in [0.05, 0.1) is 23.8 Å². The molecule has 0 unspecified atom stereocenters. The molecule has 0 saturated carbocycles. The first-order valence-electron chi connectivity index (χ1n) is 5.73. The molecule has 2 aromatic rings. The molecule has 0 atom stereocenters. The molecular weight excluding hydrogens is 282 g/mol. The number of nitrogens with zero attached hydrogens (tertiary/aromatic N) is 1. The van der Waals surface area contributed by atoms with Gasteiger partial charge in [-0.3, -0.25) is 0 Å². The number of methoxy groups -OCH3 is 1. The Kier molecular flexibility index (Phi) is 3.89. The van der Waals surface area contributed by atoms with Crippen molar-refractivity contribution >= 4 is 15.8 Å². The van der Waals surface area contributed by atoms with Gasteiger partial charge in [0, 0.05) is 0 Å². The van der Waals surface area contributed by atoms with Gasteiger partial charge in [0.25, 0.3) is 0 Å². The Hall–Kier alpha value is -2.15. The van der Waals surface area contributed by atoms with E-state index in [9.17, 15) is 13.2 Å². The normalized spacial score (nSPS) is 11.3. The first-order valence-corrected chi connectivity index (χ1v) is 7.38. The van der Waals surface area contributed by atoms with Crippen LogP contribution in [0.1, 0.15) is 21.7 Å². The van der Waals surface area contributed by atoms with Crippen molar-refractivity contribution in [3.05, 3.63) is 47.7 Å². The number of hydrogen-bond acceptors (Lipinski definition) is 6. The summed E-state index contributed by atoms with van der Waals surface area (Å²) in [7, 11) is -2.28. The van der Waals surface area contributed by atoms with Gasteiger partial charge in [-0.1, -0.05) is 0 Å². The van der Waals surface area contributed by atoms with Crippen LogP contribution in [0.4, 0.5) is 0 Å². The van der Waals surface area contributed by atoms with E-state index in [1.54, 1.807) is 6.92 Å². The zero-order valence-electron chi connectivity index (χ0n) is 11.0. The second-order valence-electron chi connectivity index (χ2n) is 4.20. The van der Waals surface area contributed by atoms with E-state index in [0.717, 1.165) is 0 Å². The molecule has 0 N–H and O–H groups in total. The number of carbonyl (C=O) groups is 1. The first-order chi connectivity index (χ1) is 9.44. The summed E-state index contributed by atoms with van der Waals surface area (Å²) in [4.78, 5) is 15.2. The van der Waals surface area contributed by atoms with Crippen molar-refractivity contribution in [3.63, 3.8) is 0 Å². The maximum atomic E-state index is 12.3. The molecule has 0 spiro atoms. The van der Waals surface area contributed by atoms with Crippen molar-refractivity contribution in [1.29, 1.82) is 0 Å². The molecule has 0 aliphatic carbocycles. The lowest BCUT2D eigenvalue weighted by molar-refractivity contribution is 0.0600. The number of oxazole rings is 1. The van der Waals surface area contributed by atoms with Crippen molar-refractivity contribution < 1.29 is 22.4 Å². The Bertz CT molecular complexity index is 719. The average Bonchev–Trinajstić information content (AvgIpc) is 2.89. The quantitative estimate of drug-likeness (QED) is 0.799. The van der Waals surface area contributed by atoms with Gasteiger partial charge in [0.2, 0.25) is 0 Å². The van der Waals surface area contributed by atoms with E-state index < -0.39 is 15.8 Å². The van der Waals surface area contributed by atoms with Crippen molar-refractivity contribution in [3.8, 4) is 0 Å². The average molecular weight is 295 g/mol. The van der Waals surface area contributed by atoms with Crippen LogP contribution in [-0.4, -0.2) is 26.5 Å². The molecule has 0 aliphatic heterocycles. The number of aromatic nitrogens is 1. The molecule has 1 aromatic carbocycles. The van der Waals surface area contributed by atoms with E-state index in [4.69, 9.17) is 4.42 Å². The molecule has 1 heterocycles. The van der Waals surface area contributed by atoms with Crippen LogP contribution in [-0.2, 0) is 20.3 Å². The van der Waals surface area contributed by atoms with Crippen LogP contribution < -0.4 is 0 Å². The number of sulfone groups is 1. The Morgan fingerprint density at radius 3 is 2.70 bits per heavy atom. The van der Waals surface area contributed by atoms with Crippen molar-refractivity contribution in [1.82, 2.24) is 4.98 Å². The summed E-state index contributed by atoms with van der Waals surface area (Å²) >= 11 is 0. The Labute approximate surface area is 116 Å². The molecule has 0 aliphatic rings. The summed E-state index contributed by atoms with van der Waals surface area (Å²) in [5.74, 6) is -0.514. The van der Waals surface area contributed by atoms with Crippen LogP contribution in [0.2, 0.25) is 0 Å². The highest BCUT2D eigenvalue weighted by Crippen LogP contribution is 2.21. The number of hydrogen-bond donors (Lipinski definition) is 0. The Balaban J connectivity index is 2.35. The van der Waals surface area contributed by atoms with Crippen LogP contribution in [0.3, 0.4) is 0 Å². The summed E-state index contributed by atoms with van der Waals surface area (Å²) in [6, 6.07) is 4.30. The van der Waals surface area contributed by atoms with E-state index in [-0.39, 0.29) is 16.4 Å². The fraction of sp³-hybridized carbons (Fsp3) is 0.231. The fourth-order valence-electron chi connectivity index (χ4n) is 1.82. The summed E-state index contributed by atoms with van der Waals surface area (Å²) in [5.41, 5.74) is 0.788. The van der Waals surface area contributed by atoms with Crippen molar-refractivity contribution in [2.24, 2.45) is 0 Å². The molecule has 106 valence electrons. The second-order valence-corrected chi connectivity index (χ2v) is 6.16. The maximum Gasteiger partial charge on any atom is 0.337 e. The molecule has 0 fully saturated rings. The minimum absolute atomic E-state index is 0.154. The largest absolute Gasteiger partial charge is 0.465 e. The van der Waals surface area contributed by atoms with Gasteiger partial charge < -0.3 is 9.15 Å². The third-order valence-electron chi connectivity index (χ3n) is 2.75. The van der Waals surface area contributed by atoms with Gasteiger partial charge in [-0.05, 0) is 30.7 Å². The van der Waals surface area contributed by atoms with Gasteiger partial charge in [0.1, 0.15) is 11.5 Å². The summed E-state index contributed by atoms with van der Waals surface area (Å²) < 4.78 is 34.1. The molecule has 0 radical (unpaired) electrons. The number of rotatable bonds is 4. The standard InChI is InChI=1S/C13H13NO5S/c1-9-5-10(13(15)18-2)3-4-12(9)20(16,17)7-11-6-14-8-19-11/h3-6,8H,7H2,1-2H3. The highest BCUT2D eigenvalue weighted by atomic mass is 32.2. The lowest BCUT2D eigenvalue weighted by atomic mass is 10.1. The lowest BCUT2D eigenvalue weighted by Gasteiger charge is -2.08. The molecule has 6 nitrogen and oxygen atoms in total. The molecule has 1 aromatic heterocycles. The number of aryl methyl sites for hydroxylation is 1. The minimum atomic E-state index is -3.55. The summed E-state index contributed by atoms with van der Waals surface area (Å²) in [5, 5.41) is 0. The van der Waals surface area contributed by atoms with Gasteiger partial charge in [-0.15, -0.1) is 0 Å². The number of carbonyl (C=O) groups excluding carboxylic acids is 1. The number of benzene rings is 1. The molecular formula is C13H13NO5S. The van der Waals surface area contributed by atoms with E-state index >= 15 is 0 Å². The third kappa shape index (κ3) is 2.88. The molecule has 20 heavy (non-hydrogen) atoms. The second kappa shape index (κ2) is 5.46. The van der Waals surface area contributed by atoms with E-state index in [1.807, 2.05) is 0 Å². The summed E-state index contributed by atoms with van der Waals surface area (Å²) in [6.07, 6.45) is 2.54. The maximum absolute atomic E-state index is 12.3. The topological polar surface area (TPSA) is 86.5 Å². The minimum Gasteiger partial charge on any atom is -0.465 e. The predicted octanol–water partition coefficient (Wildman–Crippen LogP) is 1.74. The third-order valence-corrected chi connectivity index (χ3v) is 4.54. The monoisotopic (exact) mass is 295 g/mol. The first kappa shape index (κ1) is 14.3.